The molecule has 0 spiro atoms. The van der Waals surface area contributed by atoms with Crippen molar-refractivity contribution >= 4 is 5.97 Å². The van der Waals surface area contributed by atoms with Crippen molar-refractivity contribution < 1.29 is 19.7 Å². The molecule has 17 heavy (non-hydrogen) atoms. The molecule has 94 valence electrons. The van der Waals surface area contributed by atoms with Gasteiger partial charge in [0.15, 0.2) is 0 Å². The lowest BCUT2D eigenvalue weighted by atomic mass is 9.93. The van der Waals surface area contributed by atoms with Gasteiger partial charge < -0.3 is 14.9 Å². The van der Waals surface area contributed by atoms with Crippen molar-refractivity contribution in [2.75, 3.05) is 6.61 Å². The zero-order chi connectivity index (χ0) is 12.8. The summed E-state index contributed by atoms with van der Waals surface area (Å²) in [5.41, 5.74) is 0.574. The molecule has 4 nitrogen and oxygen atoms in total. The van der Waals surface area contributed by atoms with Crippen molar-refractivity contribution in [3.05, 3.63) is 29.8 Å². The van der Waals surface area contributed by atoms with Gasteiger partial charge in [-0.2, -0.15) is 0 Å². The maximum absolute atomic E-state index is 11.0. The Balaban J connectivity index is 2.90. The summed E-state index contributed by atoms with van der Waals surface area (Å²) >= 11 is 0. The van der Waals surface area contributed by atoms with Gasteiger partial charge in [-0.3, -0.25) is 4.79 Å². The molecule has 0 aromatic heterocycles. The fraction of sp³-hybridized carbons (Fsp3) is 0.462. The van der Waals surface area contributed by atoms with Crippen LogP contribution in [0.4, 0.5) is 0 Å². The SMILES string of the molecule is CCOc1cccc(C(O)C(CC)C(=O)O)c1. The van der Waals surface area contributed by atoms with Crippen LogP contribution in [0, 0.1) is 5.92 Å². The van der Waals surface area contributed by atoms with Gasteiger partial charge in [-0.1, -0.05) is 19.1 Å². The Labute approximate surface area is 101 Å². The van der Waals surface area contributed by atoms with E-state index < -0.39 is 18.0 Å². The lowest BCUT2D eigenvalue weighted by Crippen LogP contribution is -2.21. The van der Waals surface area contributed by atoms with E-state index in [0.717, 1.165) is 0 Å². The molecule has 1 rings (SSSR count). The maximum atomic E-state index is 11.0. The van der Waals surface area contributed by atoms with Gasteiger partial charge in [-0.25, -0.2) is 0 Å². The number of rotatable bonds is 6. The number of aliphatic carboxylic acids is 1. The van der Waals surface area contributed by atoms with Gasteiger partial charge in [0.05, 0.1) is 18.6 Å². The highest BCUT2D eigenvalue weighted by atomic mass is 16.5. The van der Waals surface area contributed by atoms with Crippen LogP contribution in [0.25, 0.3) is 0 Å². The first-order chi connectivity index (χ1) is 8.10. The predicted molar refractivity (Wildman–Crippen MR) is 64.0 cm³/mol. The molecule has 0 radical (unpaired) electrons. The lowest BCUT2D eigenvalue weighted by Gasteiger charge is -2.18. The third-order valence-electron chi connectivity index (χ3n) is 2.65. The summed E-state index contributed by atoms with van der Waals surface area (Å²) in [7, 11) is 0. The molecule has 0 saturated carbocycles. The second kappa shape index (κ2) is 6.25. The Kier molecular flexibility index (Phi) is 4.97. The maximum Gasteiger partial charge on any atom is 0.309 e. The number of ether oxygens (including phenoxy) is 1. The Morgan fingerprint density at radius 3 is 2.65 bits per heavy atom. The molecule has 0 amide bonds. The Hall–Kier alpha value is -1.55. The zero-order valence-electron chi connectivity index (χ0n) is 10.1. The first-order valence-electron chi connectivity index (χ1n) is 5.73. The molecule has 0 saturated heterocycles. The Morgan fingerprint density at radius 2 is 2.12 bits per heavy atom. The molecule has 1 aromatic carbocycles. The monoisotopic (exact) mass is 238 g/mol. The number of benzene rings is 1. The largest absolute Gasteiger partial charge is 0.494 e. The van der Waals surface area contributed by atoms with E-state index in [1.54, 1.807) is 31.2 Å². The van der Waals surface area contributed by atoms with Crippen LogP contribution in [0.5, 0.6) is 5.75 Å². The van der Waals surface area contributed by atoms with E-state index in [4.69, 9.17) is 9.84 Å². The van der Waals surface area contributed by atoms with Crippen LogP contribution < -0.4 is 4.74 Å². The average Bonchev–Trinajstić information content (AvgIpc) is 2.30. The first kappa shape index (κ1) is 13.5. The standard InChI is InChI=1S/C13H18O4/c1-3-11(13(15)16)12(14)9-6-5-7-10(8-9)17-4-2/h5-8,11-12,14H,3-4H2,1-2H3,(H,15,16). The molecular formula is C13H18O4. The number of hydrogen-bond donors (Lipinski definition) is 2. The van der Waals surface area contributed by atoms with Crippen molar-refractivity contribution in [2.45, 2.75) is 26.4 Å². The smallest absolute Gasteiger partial charge is 0.309 e. The average molecular weight is 238 g/mol. The summed E-state index contributed by atoms with van der Waals surface area (Å²) < 4.78 is 5.31. The van der Waals surface area contributed by atoms with E-state index in [0.29, 0.717) is 24.3 Å². The van der Waals surface area contributed by atoms with Gasteiger partial charge in [0, 0.05) is 0 Å². The van der Waals surface area contributed by atoms with Crippen molar-refractivity contribution in [3.63, 3.8) is 0 Å². The van der Waals surface area contributed by atoms with Crippen LogP contribution in [0.2, 0.25) is 0 Å². The third kappa shape index (κ3) is 3.46. The van der Waals surface area contributed by atoms with Crippen molar-refractivity contribution in [1.29, 1.82) is 0 Å². The van der Waals surface area contributed by atoms with Crippen LogP contribution in [0.1, 0.15) is 31.9 Å². The normalized spacial score (nSPS) is 14.1. The minimum Gasteiger partial charge on any atom is -0.494 e. The first-order valence-corrected chi connectivity index (χ1v) is 5.73. The third-order valence-corrected chi connectivity index (χ3v) is 2.65. The molecule has 0 bridgehead atoms. The highest BCUT2D eigenvalue weighted by Crippen LogP contribution is 2.27. The van der Waals surface area contributed by atoms with E-state index >= 15 is 0 Å². The van der Waals surface area contributed by atoms with Crippen molar-refractivity contribution in [2.24, 2.45) is 5.92 Å². The zero-order valence-corrected chi connectivity index (χ0v) is 10.1. The lowest BCUT2D eigenvalue weighted by molar-refractivity contribution is -0.146. The molecule has 4 heteroatoms. The summed E-state index contributed by atoms with van der Waals surface area (Å²) in [5.74, 6) is -1.13. The highest BCUT2D eigenvalue weighted by Gasteiger charge is 2.26. The fourth-order valence-corrected chi connectivity index (χ4v) is 1.72. The van der Waals surface area contributed by atoms with Gasteiger partial charge in [0.25, 0.3) is 0 Å². The number of hydrogen-bond acceptors (Lipinski definition) is 3. The van der Waals surface area contributed by atoms with Gasteiger partial charge in [0.2, 0.25) is 0 Å². The Bertz CT molecular complexity index is 375. The van der Waals surface area contributed by atoms with Crippen LogP contribution in [0.3, 0.4) is 0 Å². The van der Waals surface area contributed by atoms with E-state index in [1.165, 1.54) is 0 Å². The quantitative estimate of drug-likeness (QED) is 0.797. The molecule has 0 heterocycles. The van der Waals surface area contributed by atoms with Crippen LogP contribution in [-0.2, 0) is 4.79 Å². The molecule has 0 aliphatic rings. The fourth-order valence-electron chi connectivity index (χ4n) is 1.72. The number of aliphatic hydroxyl groups excluding tert-OH is 1. The van der Waals surface area contributed by atoms with Crippen LogP contribution >= 0.6 is 0 Å². The summed E-state index contributed by atoms with van der Waals surface area (Å²) in [6, 6.07) is 6.91. The molecule has 1 aromatic rings. The molecule has 2 unspecified atom stereocenters. The van der Waals surface area contributed by atoms with E-state index in [1.807, 2.05) is 6.92 Å². The van der Waals surface area contributed by atoms with Crippen LogP contribution in [-0.4, -0.2) is 22.8 Å². The summed E-state index contributed by atoms with van der Waals surface area (Å²) in [5, 5.41) is 19.0. The summed E-state index contributed by atoms with van der Waals surface area (Å²) in [6.07, 6.45) is -0.618. The molecule has 2 atom stereocenters. The Morgan fingerprint density at radius 1 is 1.41 bits per heavy atom. The second-order valence-electron chi connectivity index (χ2n) is 3.80. The van der Waals surface area contributed by atoms with E-state index in [9.17, 15) is 9.90 Å². The summed E-state index contributed by atoms with van der Waals surface area (Å²) in [6.45, 7) is 4.15. The van der Waals surface area contributed by atoms with Gasteiger partial charge >= 0.3 is 5.97 Å². The second-order valence-corrected chi connectivity index (χ2v) is 3.80. The van der Waals surface area contributed by atoms with E-state index in [-0.39, 0.29) is 0 Å². The number of carboxylic acid groups (broad SMARTS) is 1. The topological polar surface area (TPSA) is 66.8 Å². The highest BCUT2D eigenvalue weighted by molar-refractivity contribution is 5.71. The molecule has 0 fully saturated rings. The van der Waals surface area contributed by atoms with Gasteiger partial charge in [0.1, 0.15) is 5.75 Å². The minimum absolute atomic E-state index is 0.384. The molecule has 2 N–H and O–H groups in total. The van der Waals surface area contributed by atoms with E-state index in [2.05, 4.69) is 0 Å². The molecule has 0 aliphatic heterocycles. The van der Waals surface area contributed by atoms with Crippen LogP contribution in [0.15, 0.2) is 24.3 Å². The number of aliphatic hydroxyl groups is 1. The van der Waals surface area contributed by atoms with Crippen molar-refractivity contribution in [1.82, 2.24) is 0 Å². The molecular weight excluding hydrogens is 220 g/mol. The molecule has 0 aliphatic carbocycles. The number of carboxylic acids is 1. The van der Waals surface area contributed by atoms with Crippen molar-refractivity contribution in [3.8, 4) is 5.75 Å². The predicted octanol–water partition coefficient (Wildman–Crippen LogP) is 2.23. The van der Waals surface area contributed by atoms with Gasteiger partial charge in [-0.15, -0.1) is 0 Å². The summed E-state index contributed by atoms with van der Waals surface area (Å²) in [4.78, 5) is 11.0. The number of carbonyl (C=O) groups is 1. The van der Waals surface area contributed by atoms with Gasteiger partial charge in [-0.05, 0) is 31.0 Å². The minimum atomic E-state index is -1.00.